The Morgan fingerprint density at radius 1 is 1.06 bits per heavy atom. The maximum atomic E-state index is 12.9. The van der Waals surface area contributed by atoms with Crippen molar-refractivity contribution in [3.8, 4) is 17.2 Å². The first-order chi connectivity index (χ1) is 15.1. The first-order valence-corrected chi connectivity index (χ1v) is 10.5. The van der Waals surface area contributed by atoms with E-state index in [1.54, 1.807) is 21.3 Å². The molecule has 31 heavy (non-hydrogen) atoms. The van der Waals surface area contributed by atoms with Gasteiger partial charge in [-0.2, -0.15) is 0 Å². The number of hydrogen-bond acceptors (Lipinski definition) is 6. The van der Waals surface area contributed by atoms with Crippen molar-refractivity contribution in [1.82, 2.24) is 4.90 Å². The van der Waals surface area contributed by atoms with Gasteiger partial charge in [0.05, 0.1) is 33.6 Å². The molecular formula is C24H28N2O5. The standard InChI is InChI=1S/C24H28N2O5/c1-28-19-6-4-5-16(11-19)14-26(24(27)17-7-8-17)15-20-13-21(25-31-20)18-9-10-22(29-2)23(12-18)30-3/h4-6,9-12,17,20H,7-8,13-15H2,1-3H3. The summed E-state index contributed by atoms with van der Waals surface area (Å²) in [5, 5.41) is 4.29. The van der Waals surface area contributed by atoms with Crippen molar-refractivity contribution >= 4 is 11.6 Å². The molecule has 1 unspecified atom stereocenters. The summed E-state index contributed by atoms with van der Waals surface area (Å²) < 4.78 is 16.0. The fourth-order valence-corrected chi connectivity index (χ4v) is 3.77. The largest absolute Gasteiger partial charge is 0.497 e. The van der Waals surface area contributed by atoms with Crippen LogP contribution in [0.5, 0.6) is 17.2 Å². The lowest BCUT2D eigenvalue weighted by molar-refractivity contribution is -0.135. The van der Waals surface area contributed by atoms with Crippen molar-refractivity contribution in [3.63, 3.8) is 0 Å². The number of rotatable bonds is 9. The van der Waals surface area contributed by atoms with Crippen LogP contribution in [0.2, 0.25) is 0 Å². The Morgan fingerprint density at radius 2 is 1.87 bits per heavy atom. The van der Waals surface area contributed by atoms with Crippen LogP contribution in [0, 0.1) is 5.92 Å². The zero-order chi connectivity index (χ0) is 21.8. The molecule has 7 heteroatoms. The highest BCUT2D eigenvalue weighted by Gasteiger charge is 2.35. The molecule has 0 N–H and O–H groups in total. The van der Waals surface area contributed by atoms with Gasteiger partial charge in [-0.15, -0.1) is 0 Å². The summed E-state index contributed by atoms with van der Waals surface area (Å²) in [6.45, 7) is 1.02. The molecule has 1 aliphatic carbocycles. The molecule has 0 spiro atoms. The molecular weight excluding hydrogens is 396 g/mol. The predicted octanol–water partition coefficient (Wildman–Crippen LogP) is 3.64. The van der Waals surface area contributed by atoms with Crippen LogP contribution in [0.25, 0.3) is 0 Å². The number of carbonyl (C=O) groups is 1. The van der Waals surface area contributed by atoms with Crippen molar-refractivity contribution in [2.24, 2.45) is 11.1 Å². The zero-order valence-corrected chi connectivity index (χ0v) is 18.2. The van der Waals surface area contributed by atoms with E-state index in [1.165, 1.54) is 0 Å². The number of ether oxygens (including phenoxy) is 3. The third kappa shape index (κ3) is 4.93. The van der Waals surface area contributed by atoms with Gasteiger partial charge < -0.3 is 23.9 Å². The van der Waals surface area contributed by atoms with Gasteiger partial charge in [0, 0.05) is 24.4 Å². The Bertz CT molecular complexity index is 970. The fraction of sp³-hybridized carbons (Fsp3) is 0.417. The molecule has 2 aromatic rings. The second-order valence-electron chi connectivity index (χ2n) is 7.88. The Kier molecular flexibility index (Phi) is 6.30. The molecule has 0 saturated heterocycles. The van der Waals surface area contributed by atoms with Crippen LogP contribution in [-0.4, -0.2) is 50.5 Å². The number of nitrogens with zero attached hydrogens (tertiary/aromatic N) is 2. The van der Waals surface area contributed by atoms with Crippen LogP contribution in [0.4, 0.5) is 0 Å². The zero-order valence-electron chi connectivity index (χ0n) is 18.2. The van der Waals surface area contributed by atoms with Crippen molar-refractivity contribution in [1.29, 1.82) is 0 Å². The van der Waals surface area contributed by atoms with Gasteiger partial charge >= 0.3 is 0 Å². The number of methoxy groups -OCH3 is 3. The van der Waals surface area contributed by atoms with Crippen LogP contribution in [-0.2, 0) is 16.2 Å². The maximum absolute atomic E-state index is 12.9. The molecule has 1 amide bonds. The first kappa shape index (κ1) is 21.0. The highest BCUT2D eigenvalue weighted by Crippen LogP contribution is 2.33. The van der Waals surface area contributed by atoms with E-state index in [9.17, 15) is 4.79 Å². The van der Waals surface area contributed by atoms with E-state index in [2.05, 4.69) is 5.16 Å². The van der Waals surface area contributed by atoms with Crippen LogP contribution >= 0.6 is 0 Å². The number of oxime groups is 1. The molecule has 0 radical (unpaired) electrons. The van der Waals surface area contributed by atoms with E-state index in [-0.39, 0.29) is 17.9 Å². The van der Waals surface area contributed by atoms with Gasteiger partial charge in [-0.25, -0.2) is 0 Å². The summed E-state index contributed by atoms with van der Waals surface area (Å²) in [6.07, 6.45) is 2.37. The molecule has 1 heterocycles. The third-order valence-electron chi connectivity index (χ3n) is 5.62. The smallest absolute Gasteiger partial charge is 0.226 e. The average Bonchev–Trinajstić information content (AvgIpc) is 3.56. The topological polar surface area (TPSA) is 69.6 Å². The molecule has 4 rings (SSSR count). The summed E-state index contributed by atoms with van der Waals surface area (Å²) in [5.41, 5.74) is 2.80. The Morgan fingerprint density at radius 3 is 2.58 bits per heavy atom. The van der Waals surface area contributed by atoms with Crippen LogP contribution in [0.3, 0.4) is 0 Å². The Balaban J connectivity index is 1.44. The van der Waals surface area contributed by atoms with Crippen molar-refractivity contribution in [2.75, 3.05) is 27.9 Å². The molecule has 0 aromatic heterocycles. The van der Waals surface area contributed by atoms with Gasteiger partial charge in [-0.1, -0.05) is 17.3 Å². The van der Waals surface area contributed by atoms with Gasteiger partial charge in [-0.3, -0.25) is 4.79 Å². The number of benzene rings is 2. The monoisotopic (exact) mass is 424 g/mol. The molecule has 1 atom stereocenters. The lowest BCUT2D eigenvalue weighted by Gasteiger charge is -2.25. The highest BCUT2D eigenvalue weighted by atomic mass is 16.6. The van der Waals surface area contributed by atoms with Crippen LogP contribution in [0.1, 0.15) is 30.4 Å². The van der Waals surface area contributed by atoms with E-state index < -0.39 is 0 Å². The molecule has 7 nitrogen and oxygen atoms in total. The molecule has 1 saturated carbocycles. The molecule has 1 fully saturated rings. The molecule has 0 bridgehead atoms. The van der Waals surface area contributed by atoms with Gasteiger partial charge in [0.15, 0.2) is 17.6 Å². The summed E-state index contributed by atoms with van der Waals surface area (Å²) >= 11 is 0. The van der Waals surface area contributed by atoms with E-state index in [0.29, 0.717) is 31.0 Å². The van der Waals surface area contributed by atoms with Gasteiger partial charge in [0.2, 0.25) is 5.91 Å². The minimum Gasteiger partial charge on any atom is -0.497 e. The number of carbonyl (C=O) groups excluding carboxylic acids is 1. The number of amides is 1. The van der Waals surface area contributed by atoms with Crippen molar-refractivity contribution in [3.05, 3.63) is 53.6 Å². The normalized spacial score (nSPS) is 17.5. The quantitative estimate of drug-likeness (QED) is 0.615. The summed E-state index contributed by atoms with van der Waals surface area (Å²) in [5.74, 6) is 2.42. The van der Waals surface area contributed by atoms with Gasteiger partial charge in [0.25, 0.3) is 0 Å². The molecule has 2 aliphatic rings. The summed E-state index contributed by atoms with van der Waals surface area (Å²) in [4.78, 5) is 20.5. The van der Waals surface area contributed by atoms with Crippen molar-refractivity contribution < 1.29 is 23.8 Å². The lowest BCUT2D eigenvalue weighted by atomic mass is 10.0. The van der Waals surface area contributed by atoms with Crippen LogP contribution in [0.15, 0.2) is 47.6 Å². The second kappa shape index (κ2) is 9.29. The second-order valence-corrected chi connectivity index (χ2v) is 7.88. The number of hydrogen-bond donors (Lipinski definition) is 0. The molecule has 1 aliphatic heterocycles. The van der Waals surface area contributed by atoms with Gasteiger partial charge in [-0.05, 0) is 48.7 Å². The SMILES string of the molecule is COc1cccc(CN(CC2CC(c3ccc(OC)c(OC)c3)=NO2)C(=O)C2CC2)c1. The highest BCUT2D eigenvalue weighted by molar-refractivity contribution is 6.01. The average molecular weight is 424 g/mol. The van der Waals surface area contributed by atoms with E-state index in [4.69, 9.17) is 19.0 Å². The van der Waals surface area contributed by atoms with E-state index in [0.717, 1.165) is 35.4 Å². The van der Waals surface area contributed by atoms with Gasteiger partial charge in [0.1, 0.15) is 5.75 Å². The third-order valence-corrected chi connectivity index (χ3v) is 5.62. The molecule has 2 aromatic carbocycles. The lowest BCUT2D eigenvalue weighted by Crippen LogP contribution is -2.38. The Hall–Kier alpha value is -3.22. The minimum atomic E-state index is -0.184. The van der Waals surface area contributed by atoms with E-state index >= 15 is 0 Å². The first-order valence-electron chi connectivity index (χ1n) is 10.5. The van der Waals surface area contributed by atoms with Crippen LogP contribution < -0.4 is 14.2 Å². The van der Waals surface area contributed by atoms with E-state index in [1.807, 2.05) is 47.4 Å². The summed E-state index contributed by atoms with van der Waals surface area (Å²) in [6, 6.07) is 13.5. The summed E-state index contributed by atoms with van der Waals surface area (Å²) in [7, 11) is 4.86. The Labute approximate surface area is 182 Å². The minimum absolute atomic E-state index is 0.137. The predicted molar refractivity (Wildman–Crippen MR) is 117 cm³/mol. The van der Waals surface area contributed by atoms with Crippen molar-refractivity contribution in [2.45, 2.75) is 31.9 Å². The molecule has 164 valence electrons. The maximum Gasteiger partial charge on any atom is 0.226 e. The fourth-order valence-electron chi connectivity index (χ4n) is 3.77.